The number of hydrogen-bond donors (Lipinski definition) is 1. The van der Waals surface area contributed by atoms with Crippen LogP contribution in [0.15, 0.2) is 51.0 Å². The molecule has 0 aliphatic heterocycles. The minimum Gasteiger partial charge on any atom is -0.467 e. The molecule has 1 aromatic carbocycles. The van der Waals surface area contributed by atoms with Crippen LogP contribution in [-0.4, -0.2) is 27.3 Å². The Labute approximate surface area is 184 Å². The van der Waals surface area contributed by atoms with Crippen molar-refractivity contribution >= 4 is 40.2 Å². The van der Waals surface area contributed by atoms with Gasteiger partial charge in [-0.2, -0.15) is 0 Å². The van der Waals surface area contributed by atoms with Gasteiger partial charge in [-0.3, -0.25) is 14.2 Å². The van der Waals surface area contributed by atoms with Crippen molar-refractivity contribution in [2.24, 2.45) is 5.92 Å². The Balaban J connectivity index is 1.55. The number of carbonyl (C=O) groups excluding carboxylic acids is 1. The number of thioether (sulfide) groups is 1. The molecular formula is C22H24ClN3O3S. The second-order valence-electron chi connectivity index (χ2n) is 7.84. The Morgan fingerprint density at radius 3 is 2.83 bits per heavy atom. The first kappa shape index (κ1) is 21.0. The maximum atomic E-state index is 13.1. The fraction of sp³-hybridized carbons (Fsp3) is 0.409. The van der Waals surface area contributed by atoms with Crippen LogP contribution in [0.4, 0.5) is 0 Å². The molecule has 0 bridgehead atoms. The fourth-order valence-electron chi connectivity index (χ4n) is 3.79. The molecule has 3 aromatic rings. The Kier molecular flexibility index (Phi) is 6.49. The molecular weight excluding hydrogens is 422 g/mol. The lowest BCUT2D eigenvalue weighted by Gasteiger charge is -2.26. The van der Waals surface area contributed by atoms with Crippen LogP contribution < -0.4 is 10.9 Å². The number of carbonyl (C=O) groups is 1. The Morgan fingerprint density at radius 1 is 1.30 bits per heavy atom. The zero-order valence-electron chi connectivity index (χ0n) is 16.8. The van der Waals surface area contributed by atoms with Crippen molar-refractivity contribution < 1.29 is 9.21 Å². The number of rotatable bonds is 6. The molecule has 0 atom stereocenters. The number of benzene rings is 1. The van der Waals surface area contributed by atoms with Crippen molar-refractivity contribution in [3.63, 3.8) is 0 Å². The highest BCUT2D eigenvalue weighted by molar-refractivity contribution is 7.99. The summed E-state index contributed by atoms with van der Waals surface area (Å²) in [6.45, 7) is 2.51. The molecule has 6 nitrogen and oxygen atoms in total. The van der Waals surface area contributed by atoms with Crippen molar-refractivity contribution in [3.05, 3.63) is 57.7 Å². The summed E-state index contributed by atoms with van der Waals surface area (Å²) in [5.41, 5.74) is 0.338. The highest BCUT2D eigenvalue weighted by Gasteiger charge is 2.20. The van der Waals surface area contributed by atoms with Gasteiger partial charge in [-0.1, -0.05) is 30.3 Å². The van der Waals surface area contributed by atoms with Crippen LogP contribution in [0.2, 0.25) is 5.02 Å². The van der Waals surface area contributed by atoms with Gasteiger partial charge >= 0.3 is 0 Å². The average Bonchev–Trinajstić information content (AvgIpc) is 3.23. The zero-order valence-corrected chi connectivity index (χ0v) is 18.3. The largest absolute Gasteiger partial charge is 0.467 e. The van der Waals surface area contributed by atoms with Crippen LogP contribution in [0.3, 0.4) is 0 Å². The molecule has 0 radical (unpaired) electrons. The van der Waals surface area contributed by atoms with E-state index in [1.807, 2.05) is 6.07 Å². The summed E-state index contributed by atoms with van der Waals surface area (Å²) >= 11 is 7.35. The molecule has 1 saturated carbocycles. The SMILES string of the molecule is CC1CCC(NC(=O)CSc2nc3cc(Cl)ccc3c(=O)n2Cc2ccco2)CC1. The highest BCUT2D eigenvalue weighted by atomic mass is 35.5. The fourth-order valence-corrected chi connectivity index (χ4v) is 4.76. The predicted molar refractivity (Wildman–Crippen MR) is 119 cm³/mol. The molecule has 1 amide bonds. The third-order valence-corrected chi connectivity index (χ3v) is 6.70. The molecule has 1 aliphatic carbocycles. The normalized spacial score (nSPS) is 19.1. The quantitative estimate of drug-likeness (QED) is 0.447. The van der Waals surface area contributed by atoms with E-state index in [1.54, 1.807) is 35.1 Å². The molecule has 8 heteroatoms. The van der Waals surface area contributed by atoms with Gasteiger partial charge in [-0.05, 0) is 61.9 Å². The molecule has 0 spiro atoms. The summed E-state index contributed by atoms with van der Waals surface area (Å²) in [6, 6.07) is 8.85. The number of halogens is 1. The highest BCUT2D eigenvalue weighted by Crippen LogP contribution is 2.24. The van der Waals surface area contributed by atoms with Crippen molar-refractivity contribution in [1.29, 1.82) is 0 Å². The molecule has 0 saturated heterocycles. The third-order valence-electron chi connectivity index (χ3n) is 5.49. The minimum absolute atomic E-state index is 0.0375. The smallest absolute Gasteiger partial charge is 0.262 e. The maximum Gasteiger partial charge on any atom is 0.262 e. The van der Waals surface area contributed by atoms with E-state index in [4.69, 9.17) is 16.0 Å². The van der Waals surface area contributed by atoms with Gasteiger partial charge < -0.3 is 9.73 Å². The van der Waals surface area contributed by atoms with Crippen molar-refractivity contribution in [1.82, 2.24) is 14.9 Å². The molecule has 1 N–H and O–H groups in total. The summed E-state index contributed by atoms with van der Waals surface area (Å²) in [6.07, 6.45) is 5.91. The monoisotopic (exact) mass is 445 g/mol. The van der Waals surface area contributed by atoms with Gasteiger partial charge in [0.05, 0.1) is 29.5 Å². The van der Waals surface area contributed by atoms with E-state index in [0.717, 1.165) is 31.6 Å². The van der Waals surface area contributed by atoms with Gasteiger partial charge in [0.2, 0.25) is 5.91 Å². The summed E-state index contributed by atoms with van der Waals surface area (Å²) in [4.78, 5) is 30.2. The number of nitrogens with zero attached hydrogens (tertiary/aromatic N) is 2. The summed E-state index contributed by atoms with van der Waals surface area (Å²) in [5, 5.41) is 4.59. The molecule has 1 fully saturated rings. The van der Waals surface area contributed by atoms with Crippen LogP contribution in [0.1, 0.15) is 38.4 Å². The van der Waals surface area contributed by atoms with Gasteiger partial charge in [0.1, 0.15) is 5.76 Å². The molecule has 158 valence electrons. The van der Waals surface area contributed by atoms with Crippen LogP contribution in [0.25, 0.3) is 10.9 Å². The second kappa shape index (κ2) is 9.27. The van der Waals surface area contributed by atoms with E-state index in [9.17, 15) is 9.59 Å². The molecule has 0 unspecified atom stereocenters. The molecule has 2 aromatic heterocycles. The molecule has 30 heavy (non-hydrogen) atoms. The Hall–Kier alpha value is -2.25. The van der Waals surface area contributed by atoms with Gasteiger partial charge in [0.15, 0.2) is 5.16 Å². The van der Waals surface area contributed by atoms with Crippen molar-refractivity contribution in [3.8, 4) is 0 Å². The number of hydrogen-bond acceptors (Lipinski definition) is 5. The Morgan fingerprint density at radius 2 is 2.10 bits per heavy atom. The van der Waals surface area contributed by atoms with Crippen LogP contribution in [0, 0.1) is 5.92 Å². The van der Waals surface area contributed by atoms with Gasteiger partial charge in [-0.25, -0.2) is 4.98 Å². The lowest BCUT2D eigenvalue weighted by atomic mass is 9.87. The van der Waals surface area contributed by atoms with Crippen LogP contribution >= 0.6 is 23.4 Å². The van der Waals surface area contributed by atoms with E-state index in [1.165, 1.54) is 11.8 Å². The summed E-state index contributed by atoms with van der Waals surface area (Å²) in [5.74, 6) is 1.54. The van der Waals surface area contributed by atoms with Gasteiger partial charge in [-0.15, -0.1) is 0 Å². The minimum atomic E-state index is -0.183. The zero-order chi connectivity index (χ0) is 21.1. The van der Waals surface area contributed by atoms with E-state index in [0.29, 0.717) is 26.8 Å². The summed E-state index contributed by atoms with van der Waals surface area (Å²) in [7, 11) is 0. The first-order valence-corrected chi connectivity index (χ1v) is 11.5. The molecule has 2 heterocycles. The topological polar surface area (TPSA) is 77.1 Å². The second-order valence-corrected chi connectivity index (χ2v) is 9.22. The van der Waals surface area contributed by atoms with E-state index in [2.05, 4.69) is 17.2 Å². The third kappa shape index (κ3) is 4.90. The lowest BCUT2D eigenvalue weighted by Crippen LogP contribution is -2.38. The number of amides is 1. The van der Waals surface area contributed by atoms with Gasteiger partial charge in [0.25, 0.3) is 5.56 Å². The lowest BCUT2D eigenvalue weighted by molar-refractivity contribution is -0.119. The maximum absolute atomic E-state index is 13.1. The number of aromatic nitrogens is 2. The van der Waals surface area contributed by atoms with Gasteiger partial charge in [0, 0.05) is 11.1 Å². The van der Waals surface area contributed by atoms with E-state index >= 15 is 0 Å². The molecule has 4 rings (SSSR count). The Bertz CT molecular complexity index is 1090. The van der Waals surface area contributed by atoms with Crippen LogP contribution in [-0.2, 0) is 11.3 Å². The first-order chi connectivity index (χ1) is 14.5. The van der Waals surface area contributed by atoms with Crippen LogP contribution in [0.5, 0.6) is 0 Å². The number of furan rings is 1. The van der Waals surface area contributed by atoms with E-state index in [-0.39, 0.29) is 29.8 Å². The van der Waals surface area contributed by atoms with Crippen molar-refractivity contribution in [2.45, 2.75) is 50.4 Å². The predicted octanol–water partition coefficient (Wildman–Crippen LogP) is 4.48. The number of fused-ring (bicyclic) bond motifs is 1. The van der Waals surface area contributed by atoms with E-state index < -0.39 is 0 Å². The number of nitrogens with one attached hydrogen (secondary N) is 1. The first-order valence-electron chi connectivity index (χ1n) is 10.1. The standard InChI is InChI=1S/C22H24ClN3O3S/c1-14-4-7-16(8-5-14)24-20(27)13-30-22-25-19-11-15(23)6-9-18(19)21(28)26(22)12-17-3-2-10-29-17/h2-3,6,9-11,14,16H,4-5,7-8,12-13H2,1H3,(H,24,27). The summed E-state index contributed by atoms with van der Waals surface area (Å²) < 4.78 is 6.97. The van der Waals surface area contributed by atoms with Crippen molar-refractivity contribution in [2.75, 3.05) is 5.75 Å². The molecule has 1 aliphatic rings. The average molecular weight is 446 g/mol.